The second-order valence-electron chi connectivity index (χ2n) is 5.52. The first kappa shape index (κ1) is 15.0. The van der Waals surface area contributed by atoms with Crippen molar-refractivity contribution in [2.45, 2.75) is 44.7 Å². The van der Waals surface area contributed by atoms with E-state index >= 15 is 0 Å². The number of rotatable bonds is 4. The van der Waals surface area contributed by atoms with Gasteiger partial charge in [0.2, 0.25) is 0 Å². The summed E-state index contributed by atoms with van der Waals surface area (Å²) in [6.45, 7) is 0.581. The van der Waals surface area contributed by atoms with Gasteiger partial charge < -0.3 is 11.1 Å². The summed E-state index contributed by atoms with van der Waals surface area (Å²) < 4.78 is 38.7. The average Bonchev–Trinajstić information content (AvgIpc) is 2.40. The second-order valence-corrected chi connectivity index (χ2v) is 5.52. The number of hydrogen-bond donors (Lipinski definition) is 2. The predicted molar refractivity (Wildman–Crippen MR) is 75.5 cm³/mol. The highest BCUT2D eigenvalue weighted by Crippen LogP contribution is 2.36. The summed E-state index contributed by atoms with van der Waals surface area (Å²) in [6.07, 6.45) is 2.76. The fourth-order valence-electron chi connectivity index (χ4n) is 2.84. The van der Waals surface area contributed by atoms with E-state index in [0.29, 0.717) is 12.5 Å². The van der Waals surface area contributed by atoms with Crippen LogP contribution >= 0.6 is 0 Å². The average molecular weight is 286 g/mol. The van der Waals surface area contributed by atoms with E-state index in [-0.39, 0.29) is 11.4 Å². The lowest BCUT2D eigenvalue weighted by Gasteiger charge is -2.22. The molecule has 0 heterocycles. The fraction of sp³-hybridized carbons (Fsp3) is 0.600. The first-order valence-corrected chi connectivity index (χ1v) is 7.17. The maximum Gasteiger partial charge on any atom is 0.418 e. The Bertz CT molecular complexity index is 437. The molecule has 0 aliphatic heterocycles. The molecule has 5 heteroatoms. The number of nitrogens with two attached hydrogens (primary N) is 1. The topological polar surface area (TPSA) is 38.0 Å². The van der Waals surface area contributed by atoms with Crippen molar-refractivity contribution in [1.29, 1.82) is 0 Å². The smallest absolute Gasteiger partial charge is 0.399 e. The molecule has 0 spiro atoms. The number of nitrogen functional groups attached to an aromatic ring is 1. The third kappa shape index (κ3) is 4.05. The molecule has 1 aliphatic carbocycles. The molecule has 0 radical (unpaired) electrons. The summed E-state index contributed by atoms with van der Waals surface area (Å²) in [5.41, 5.74) is 5.02. The number of alkyl halides is 3. The van der Waals surface area contributed by atoms with Crippen molar-refractivity contribution in [3.63, 3.8) is 0 Å². The van der Waals surface area contributed by atoms with Crippen LogP contribution in [-0.2, 0) is 6.18 Å². The minimum atomic E-state index is -4.37. The van der Waals surface area contributed by atoms with Gasteiger partial charge in [0.25, 0.3) is 0 Å². The van der Waals surface area contributed by atoms with Crippen LogP contribution in [0.4, 0.5) is 24.5 Å². The minimum Gasteiger partial charge on any atom is -0.399 e. The van der Waals surface area contributed by atoms with Crippen LogP contribution in [0.15, 0.2) is 18.2 Å². The summed E-state index contributed by atoms with van der Waals surface area (Å²) in [5, 5.41) is 2.92. The van der Waals surface area contributed by atoms with Crippen molar-refractivity contribution in [3.8, 4) is 0 Å². The van der Waals surface area contributed by atoms with E-state index in [1.165, 1.54) is 44.2 Å². The fourth-order valence-corrected chi connectivity index (χ4v) is 2.84. The summed E-state index contributed by atoms with van der Waals surface area (Å²) in [5.74, 6) is 0.652. The summed E-state index contributed by atoms with van der Waals surface area (Å²) >= 11 is 0. The van der Waals surface area contributed by atoms with Gasteiger partial charge in [-0.1, -0.05) is 32.1 Å². The normalized spacial score (nSPS) is 17.1. The molecular formula is C15H21F3N2. The van der Waals surface area contributed by atoms with Crippen LogP contribution in [0.3, 0.4) is 0 Å². The Hall–Kier alpha value is -1.39. The summed E-state index contributed by atoms with van der Waals surface area (Å²) in [6, 6.07) is 3.90. The molecule has 0 aromatic heterocycles. The van der Waals surface area contributed by atoms with Crippen molar-refractivity contribution in [3.05, 3.63) is 23.8 Å². The van der Waals surface area contributed by atoms with Gasteiger partial charge in [0.05, 0.1) is 5.56 Å². The molecule has 1 saturated carbocycles. The van der Waals surface area contributed by atoms with Gasteiger partial charge in [-0.2, -0.15) is 13.2 Å². The van der Waals surface area contributed by atoms with E-state index in [4.69, 9.17) is 5.73 Å². The molecule has 2 nitrogen and oxygen atoms in total. The van der Waals surface area contributed by atoms with E-state index < -0.39 is 11.7 Å². The first-order chi connectivity index (χ1) is 9.47. The molecule has 112 valence electrons. The minimum absolute atomic E-state index is 0.127. The molecule has 0 atom stereocenters. The van der Waals surface area contributed by atoms with Crippen LogP contribution in [-0.4, -0.2) is 6.54 Å². The van der Waals surface area contributed by atoms with Crippen LogP contribution < -0.4 is 11.1 Å². The van der Waals surface area contributed by atoms with Crippen LogP contribution in [0.2, 0.25) is 0 Å². The Balaban J connectivity index is 1.95. The Labute approximate surface area is 117 Å². The van der Waals surface area contributed by atoms with Crippen LogP contribution in [0, 0.1) is 5.92 Å². The van der Waals surface area contributed by atoms with Crippen LogP contribution in [0.25, 0.3) is 0 Å². The maximum absolute atomic E-state index is 12.9. The first-order valence-electron chi connectivity index (χ1n) is 7.17. The van der Waals surface area contributed by atoms with E-state index in [0.717, 1.165) is 12.5 Å². The summed E-state index contributed by atoms with van der Waals surface area (Å²) in [7, 11) is 0. The second kappa shape index (κ2) is 6.37. The maximum atomic E-state index is 12.9. The Morgan fingerprint density at radius 1 is 1.15 bits per heavy atom. The SMILES string of the molecule is Nc1ccc(NCCC2CCCCC2)c(C(F)(F)F)c1. The lowest BCUT2D eigenvalue weighted by molar-refractivity contribution is -0.136. The van der Waals surface area contributed by atoms with Crippen molar-refractivity contribution in [2.75, 3.05) is 17.6 Å². The molecule has 1 aliphatic rings. The van der Waals surface area contributed by atoms with E-state index in [9.17, 15) is 13.2 Å². The van der Waals surface area contributed by atoms with Crippen molar-refractivity contribution in [2.24, 2.45) is 5.92 Å². The Kier molecular flexibility index (Phi) is 4.78. The molecule has 1 aromatic carbocycles. The highest BCUT2D eigenvalue weighted by Gasteiger charge is 2.33. The predicted octanol–water partition coefficient (Wildman–Crippen LogP) is 4.67. The molecular weight excluding hydrogens is 265 g/mol. The third-order valence-corrected chi connectivity index (χ3v) is 3.94. The van der Waals surface area contributed by atoms with E-state index in [1.807, 2.05) is 0 Å². The zero-order valence-electron chi connectivity index (χ0n) is 11.5. The highest BCUT2D eigenvalue weighted by atomic mass is 19.4. The monoisotopic (exact) mass is 286 g/mol. The number of halogens is 3. The molecule has 0 amide bonds. The van der Waals surface area contributed by atoms with Gasteiger partial charge in [0.1, 0.15) is 0 Å². The molecule has 1 aromatic rings. The van der Waals surface area contributed by atoms with Crippen molar-refractivity contribution in [1.82, 2.24) is 0 Å². The number of benzene rings is 1. The molecule has 2 rings (SSSR count). The van der Waals surface area contributed by atoms with Crippen LogP contribution in [0.5, 0.6) is 0 Å². The lowest BCUT2D eigenvalue weighted by atomic mass is 9.87. The molecule has 0 saturated heterocycles. The number of nitrogens with one attached hydrogen (secondary N) is 1. The van der Waals surface area contributed by atoms with Gasteiger partial charge in [0.15, 0.2) is 0 Å². The number of hydrogen-bond acceptors (Lipinski definition) is 2. The molecule has 1 fully saturated rings. The van der Waals surface area contributed by atoms with Crippen molar-refractivity contribution >= 4 is 11.4 Å². The quantitative estimate of drug-likeness (QED) is 0.789. The largest absolute Gasteiger partial charge is 0.418 e. The zero-order chi connectivity index (χ0) is 14.6. The molecule has 20 heavy (non-hydrogen) atoms. The highest BCUT2D eigenvalue weighted by molar-refractivity contribution is 5.59. The lowest BCUT2D eigenvalue weighted by Crippen LogP contribution is -2.15. The Morgan fingerprint density at radius 2 is 1.85 bits per heavy atom. The van der Waals surface area contributed by atoms with Gasteiger partial charge in [-0.25, -0.2) is 0 Å². The molecule has 3 N–H and O–H groups in total. The van der Waals surface area contributed by atoms with Gasteiger partial charge in [0, 0.05) is 17.9 Å². The van der Waals surface area contributed by atoms with Crippen molar-refractivity contribution < 1.29 is 13.2 Å². The van der Waals surface area contributed by atoms with Crippen LogP contribution in [0.1, 0.15) is 44.1 Å². The zero-order valence-corrected chi connectivity index (χ0v) is 11.5. The standard InChI is InChI=1S/C15H21F3N2/c16-15(17,18)13-10-12(19)6-7-14(13)20-9-8-11-4-2-1-3-5-11/h6-7,10-11,20H,1-5,8-9,19H2. The molecule has 0 unspecified atom stereocenters. The van der Waals surface area contributed by atoms with Gasteiger partial charge in [-0.3, -0.25) is 0 Å². The van der Waals surface area contributed by atoms with Gasteiger partial charge in [-0.15, -0.1) is 0 Å². The Morgan fingerprint density at radius 3 is 2.50 bits per heavy atom. The molecule has 0 bridgehead atoms. The number of anilines is 2. The van der Waals surface area contributed by atoms with Gasteiger partial charge >= 0.3 is 6.18 Å². The van der Waals surface area contributed by atoms with E-state index in [1.54, 1.807) is 0 Å². The van der Waals surface area contributed by atoms with Gasteiger partial charge in [-0.05, 0) is 30.5 Å². The third-order valence-electron chi connectivity index (χ3n) is 3.94. The van der Waals surface area contributed by atoms with E-state index in [2.05, 4.69) is 5.32 Å². The summed E-state index contributed by atoms with van der Waals surface area (Å²) in [4.78, 5) is 0.